The van der Waals surface area contributed by atoms with Crippen LogP contribution in [0.3, 0.4) is 0 Å². The van der Waals surface area contributed by atoms with Crippen molar-refractivity contribution in [2.24, 2.45) is 0 Å². The van der Waals surface area contributed by atoms with Crippen molar-refractivity contribution < 1.29 is 0 Å². The van der Waals surface area contributed by atoms with Gasteiger partial charge in [-0.05, 0) is 31.6 Å². The minimum absolute atomic E-state index is 0.480. The molecule has 0 heterocycles. The number of hydrogen-bond donors (Lipinski definition) is 0. The van der Waals surface area contributed by atoms with E-state index in [0.29, 0.717) is 6.04 Å². The summed E-state index contributed by atoms with van der Waals surface area (Å²) < 4.78 is 0. The highest BCUT2D eigenvalue weighted by atomic mass is 15.1. The van der Waals surface area contributed by atoms with Gasteiger partial charge in [-0.15, -0.1) is 0 Å². The second-order valence-corrected chi connectivity index (χ2v) is 4.35. The predicted molar refractivity (Wildman–Crippen MR) is 72.1 cm³/mol. The third-order valence-corrected chi connectivity index (χ3v) is 3.23. The van der Waals surface area contributed by atoms with Gasteiger partial charge in [0.2, 0.25) is 0 Å². The van der Waals surface area contributed by atoms with E-state index < -0.39 is 0 Å². The normalized spacial score (nSPS) is 12.9. The van der Waals surface area contributed by atoms with E-state index in [1.54, 1.807) is 0 Å². The van der Waals surface area contributed by atoms with Gasteiger partial charge in [-0.1, -0.05) is 32.0 Å². The Balaban J connectivity index is 3.02. The molecule has 0 saturated heterocycles. The van der Waals surface area contributed by atoms with Crippen molar-refractivity contribution in [3.63, 3.8) is 0 Å². The van der Waals surface area contributed by atoms with E-state index in [1.165, 1.54) is 11.3 Å². The van der Waals surface area contributed by atoms with Gasteiger partial charge in [-0.25, -0.2) is 0 Å². The van der Waals surface area contributed by atoms with Crippen molar-refractivity contribution in [2.75, 3.05) is 32.1 Å². The molecule has 0 amide bonds. The lowest BCUT2D eigenvalue weighted by Crippen LogP contribution is -2.27. The first kappa shape index (κ1) is 13.0. The van der Waals surface area contributed by atoms with Gasteiger partial charge in [0.05, 0.1) is 0 Å². The lowest BCUT2D eigenvalue weighted by molar-refractivity contribution is 0.234. The van der Waals surface area contributed by atoms with Crippen LogP contribution in [0.5, 0.6) is 0 Å². The molecular formula is C14H24N2. The molecule has 0 bridgehead atoms. The molecule has 1 aromatic rings. The molecule has 0 saturated carbocycles. The molecule has 1 atom stereocenters. The van der Waals surface area contributed by atoms with Crippen LogP contribution in [-0.2, 0) is 0 Å². The molecule has 0 spiro atoms. The molecule has 2 nitrogen and oxygen atoms in total. The van der Waals surface area contributed by atoms with E-state index in [2.05, 4.69) is 68.9 Å². The van der Waals surface area contributed by atoms with Crippen LogP contribution < -0.4 is 4.90 Å². The SMILES string of the molecule is CCN(CC)C(C)c1ccccc1N(C)C. The van der Waals surface area contributed by atoms with Crippen LogP contribution in [0.4, 0.5) is 5.69 Å². The van der Waals surface area contributed by atoms with Gasteiger partial charge < -0.3 is 4.90 Å². The van der Waals surface area contributed by atoms with Crippen molar-refractivity contribution in [1.29, 1.82) is 0 Å². The topological polar surface area (TPSA) is 6.48 Å². The van der Waals surface area contributed by atoms with Crippen molar-refractivity contribution in [2.45, 2.75) is 26.8 Å². The summed E-state index contributed by atoms with van der Waals surface area (Å²) in [6.07, 6.45) is 0. The molecule has 0 aliphatic rings. The number of anilines is 1. The minimum Gasteiger partial charge on any atom is -0.377 e. The average molecular weight is 220 g/mol. The fourth-order valence-corrected chi connectivity index (χ4v) is 2.22. The van der Waals surface area contributed by atoms with E-state index in [1.807, 2.05) is 0 Å². The summed E-state index contributed by atoms with van der Waals surface area (Å²) in [5.41, 5.74) is 2.73. The quantitative estimate of drug-likeness (QED) is 0.752. The number of hydrogen-bond acceptors (Lipinski definition) is 2. The molecule has 0 aliphatic carbocycles. The Hall–Kier alpha value is -1.02. The van der Waals surface area contributed by atoms with E-state index >= 15 is 0 Å². The van der Waals surface area contributed by atoms with Crippen LogP contribution in [0.1, 0.15) is 32.4 Å². The first-order valence-electron chi connectivity index (χ1n) is 6.12. The monoisotopic (exact) mass is 220 g/mol. The van der Waals surface area contributed by atoms with Crippen LogP contribution in [0.2, 0.25) is 0 Å². The van der Waals surface area contributed by atoms with Gasteiger partial charge in [0.25, 0.3) is 0 Å². The lowest BCUT2D eigenvalue weighted by atomic mass is 10.0. The van der Waals surface area contributed by atoms with Gasteiger partial charge in [0.15, 0.2) is 0 Å². The van der Waals surface area contributed by atoms with Gasteiger partial charge in [0, 0.05) is 25.8 Å². The first-order chi connectivity index (χ1) is 7.61. The smallest absolute Gasteiger partial charge is 0.0409 e. The van der Waals surface area contributed by atoms with Gasteiger partial charge >= 0.3 is 0 Å². The molecule has 1 rings (SSSR count). The molecule has 2 heteroatoms. The van der Waals surface area contributed by atoms with Crippen molar-refractivity contribution in [1.82, 2.24) is 4.90 Å². The minimum atomic E-state index is 0.480. The summed E-state index contributed by atoms with van der Waals surface area (Å²) in [4.78, 5) is 4.66. The predicted octanol–water partition coefficient (Wildman–Crippen LogP) is 3.16. The Morgan fingerprint density at radius 3 is 2.12 bits per heavy atom. The highest BCUT2D eigenvalue weighted by Gasteiger charge is 2.16. The molecule has 90 valence electrons. The van der Waals surface area contributed by atoms with E-state index in [0.717, 1.165) is 13.1 Å². The fraction of sp³-hybridized carbons (Fsp3) is 0.571. The molecule has 1 unspecified atom stereocenters. The third-order valence-electron chi connectivity index (χ3n) is 3.23. The maximum Gasteiger partial charge on any atom is 0.0409 e. The number of para-hydroxylation sites is 1. The van der Waals surface area contributed by atoms with Gasteiger partial charge in [0.1, 0.15) is 0 Å². The highest BCUT2D eigenvalue weighted by Crippen LogP contribution is 2.28. The van der Waals surface area contributed by atoms with Crippen LogP contribution >= 0.6 is 0 Å². The summed E-state index contributed by atoms with van der Waals surface area (Å²) in [6, 6.07) is 9.14. The third kappa shape index (κ3) is 2.76. The maximum absolute atomic E-state index is 2.47. The van der Waals surface area contributed by atoms with Gasteiger partial charge in [-0.3, -0.25) is 4.90 Å². The molecule has 0 N–H and O–H groups in total. The van der Waals surface area contributed by atoms with Crippen molar-refractivity contribution in [3.05, 3.63) is 29.8 Å². The zero-order valence-electron chi connectivity index (χ0n) is 11.2. The van der Waals surface area contributed by atoms with Crippen LogP contribution in [0.25, 0.3) is 0 Å². The first-order valence-corrected chi connectivity index (χ1v) is 6.12. The van der Waals surface area contributed by atoms with Crippen LogP contribution in [-0.4, -0.2) is 32.1 Å². The number of rotatable bonds is 5. The number of benzene rings is 1. The standard InChI is InChI=1S/C14H24N2/c1-6-16(7-2)12(3)13-10-8-9-11-14(13)15(4)5/h8-12H,6-7H2,1-5H3. The summed E-state index contributed by atoms with van der Waals surface area (Å²) in [6.45, 7) is 8.92. The Labute approximate surface area is 99.9 Å². The Bertz CT molecular complexity index is 316. The molecule has 0 aromatic heterocycles. The Morgan fingerprint density at radius 2 is 1.62 bits per heavy atom. The second kappa shape index (κ2) is 5.90. The molecular weight excluding hydrogens is 196 g/mol. The fourth-order valence-electron chi connectivity index (χ4n) is 2.22. The molecule has 0 fully saturated rings. The summed E-state index contributed by atoms with van der Waals surface area (Å²) in [5.74, 6) is 0. The zero-order chi connectivity index (χ0) is 12.1. The Kier molecular flexibility index (Phi) is 4.81. The molecule has 1 aromatic carbocycles. The summed E-state index contributed by atoms with van der Waals surface area (Å²) >= 11 is 0. The van der Waals surface area contributed by atoms with Crippen LogP contribution in [0.15, 0.2) is 24.3 Å². The molecule has 0 radical (unpaired) electrons. The highest BCUT2D eigenvalue weighted by molar-refractivity contribution is 5.53. The summed E-state index contributed by atoms with van der Waals surface area (Å²) in [7, 11) is 4.21. The molecule has 0 aliphatic heterocycles. The van der Waals surface area contributed by atoms with E-state index in [-0.39, 0.29) is 0 Å². The van der Waals surface area contributed by atoms with Crippen molar-refractivity contribution in [3.8, 4) is 0 Å². The maximum atomic E-state index is 2.47. The average Bonchev–Trinajstić information content (AvgIpc) is 2.30. The lowest BCUT2D eigenvalue weighted by Gasteiger charge is -2.30. The van der Waals surface area contributed by atoms with E-state index in [4.69, 9.17) is 0 Å². The largest absolute Gasteiger partial charge is 0.377 e. The van der Waals surface area contributed by atoms with Crippen LogP contribution in [0, 0.1) is 0 Å². The summed E-state index contributed by atoms with van der Waals surface area (Å²) in [5, 5.41) is 0. The zero-order valence-corrected chi connectivity index (χ0v) is 11.2. The second-order valence-electron chi connectivity index (χ2n) is 4.35. The van der Waals surface area contributed by atoms with Gasteiger partial charge in [-0.2, -0.15) is 0 Å². The number of nitrogens with zero attached hydrogens (tertiary/aromatic N) is 2. The Morgan fingerprint density at radius 1 is 1.06 bits per heavy atom. The molecule has 16 heavy (non-hydrogen) atoms. The van der Waals surface area contributed by atoms with E-state index in [9.17, 15) is 0 Å². The van der Waals surface area contributed by atoms with Crippen molar-refractivity contribution >= 4 is 5.69 Å².